The number of aromatic nitrogens is 2. The van der Waals surface area contributed by atoms with Crippen LogP contribution in [0.4, 0.5) is 0 Å². The fraction of sp³-hybridized carbons (Fsp3) is 0.417. The van der Waals surface area contributed by atoms with Gasteiger partial charge in [-0.05, 0) is 69.8 Å². The molecule has 0 N–H and O–H groups in total. The summed E-state index contributed by atoms with van der Waals surface area (Å²) in [7, 11) is 0.982. The normalized spacial score (nSPS) is 17.3. The van der Waals surface area contributed by atoms with E-state index in [-0.39, 0.29) is 17.2 Å². The summed E-state index contributed by atoms with van der Waals surface area (Å²) in [6, 6.07) is 11.9. The molecular weight excluding hydrogens is 391 g/mol. The molecule has 1 aliphatic heterocycles. The summed E-state index contributed by atoms with van der Waals surface area (Å²) in [5, 5.41) is 5.79. The van der Waals surface area contributed by atoms with Gasteiger partial charge in [-0.2, -0.15) is 5.10 Å². The van der Waals surface area contributed by atoms with Gasteiger partial charge in [0, 0.05) is 18.1 Å². The second kappa shape index (κ2) is 7.81. The first-order chi connectivity index (χ1) is 14.6. The third-order valence-electron chi connectivity index (χ3n) is 6.46. The quantitative estimate of drug-likeness (QED) is 0.466. The lowest BCUT2D eigenvalue weighted by atomic mass is 9.77. The van der Waals surface area contributed by atoms with E-state index in [4.69, 9.17) is 19.1 Å². The summed E-state index contributed by atoms with van der Waals surface area (Å²) in [5.74, 6) is -0.308. The van der Waals surface area contributed by atoms with Crippen molar-refractivity contribution < 1.29 is 18.8 Å². The molecule has 1 fully saturated rings. The third kappa shape index (κ3) is 4.00. The van der Waals surface area contributed by atoms with Gasteiger partial charge in [0.2, 0.25) is 0 Å². The Kier molecular flexibility index (Phi) is 5.44. The maximum absolute atomic E-state index is 11.8. The number of fused-ring (bicyclic) bond motifs is 1. The summed E-state index contributed by atoms with van der Waals surface area (Å²) >= 11 is 0. The summed E-state index contributed by atoms with van der Waals surface area (Å²) in [6.45, 7) is 10.9. The number of carbonyl (C=O) groups is 1. The third-order valence-corrected chi connectivity index (χ3v) is 6.46. The Morgan fingerprint density at radius 1 is 1.13 bits per heavy atom. The van der Waals surface area contributed by atoms with Crippen molar-refractivity contribution in [2.75, 3.05) is 7.11 Å². The number of esters is 1. The van der Waals surface area contributed by atoms with E-state index in [0.717, 1.165) is 40.5 Å². The van der Waals surface area contributed by atoms with Crippen LogP contribution in [-0.4, -0.2) is 41.2 Å². The monoisotopic (exact) mass is 420 g/mol. The van der Waals surface area contributed by atoms with Crippen LogP contribution < -0.4 is 5.46 Å². The molecule has 3 aromatic rings. The van der Waals surface area contributed by atoms with Gasteiger partial charge in [-0.15, -0.1) is 0 Å². The highest BCUT2D eigenvalue weighted by atomic mass is 16.7. The van der Waals surface area contributed by atoms with E-state index in [1.165, 1.54) is 7.11 Å². The number of ether oxygens (including phenoxy) is 1. The van der Waals surface area contributed by atoms with Crippen LogP contribution in [-0.2, 0) is 27.0 Å². The van der Waals surface area contributed by atoms with Gasteiger partial charge in [-0.25, -0.2) is 4.79 Å². The summed E-state index contributed by atoms with van der Waals surface area (Å²) in [6.07, 6.45) is 2.87. The van der Waals surface area contributed by atoms with E-state index < -0.39 is 7.12 Å². The smallest absolute Gasteiger partial charge is 0.465 e. The van der Waals surface area contributed by atoms with Gasteiger partial charge in [-0.1, -0.05) is 24.3 Å². The zero-order chi connectivity index (χ0) is 22.4. The molecule has 0 saturated carbocycles. The molecule has 7 heteroatoms. The molecule has 1 aliphatic rings. The van der Waals surface area contributed by atoms with Crippen LogP contribution in [0.25, 0.3) is 10.9 Å². The number of hydrogen-bond donors (Lipinski definition) is 0. The minimum atomic E-state index is -0.417. The molecule has 1 saturated heterocycles. The Bertz CT molecular complexity index is 1120. The zero-order valence-corrected chi connectivity index (χ0v) is 19.1. The predicted molar refractivity (Wildman–Crippen MR) is 122 cm³/mol. The van der Waals surface area contributed by atoms with E-state index in [2.05, 4.69) is 33.9 Å². The van der Waals surface area contributed by atoms with E-state index in [1.807, 2.05) is 48.0 Å². The van der Waals surface area contributed by atoms with E-state index in [1.54, 1.807) is 0 Å². The molecular formula is C24H29BN2O4. The lowest BCUT2D eigenvalue weighted by Gasteiger charge is -2.32. The van der Waals surface area contributed by atoms with Crippen LogP contribution >= 0.6 is 0 Å². The van der Waals surface area contributed by atoms with Gasteiger partial charge in [0.05, 0.1) is 29.4 Å². The Labute approximate surface area is 183 Å². The molecule has 1 aromatic heterocycles. The van der Waals surface area contributed by atoms with E-state index in [9.17, 15) is 4.79 Å². The molecule has 0 aliphatic carbocycles. The number of nitrogens with zero attached hydrogens (tertiary/aromatic N) is 2. The standard InChI is InChI=1S/C24H29BN2O4/c1-16-14-17(10-11-18(16)22(28)29-6)12-13-27-15-19-20(8-7-9-21(19)26-27)25-30-23(2,3)24(4,5)31-25/h7-11,14-15H,12-13H2,1-6H3. The van der Waals surface area contributed by atoms with Gasteiger partial charge in [-0.3, -0.25) is 4.68 Å². The van der Waals surface area contributed by atoms with E-state index >= 15 is 0 Å². The Hall–Kier alpha value is -2.64. The number of methoxy groups -OCH3 is 1. The Morgan fingerprint density at radius 3 is 2.48 bits per heavy atom. The molecule has 162 valence electrons. The molecule has 2 heterocycles. The van der Waals surface area contributed by atoms with Crippen LogP contribution in [0.15, 0.2) is 42.6 Å². The molecule has 31 heavy (non-hydrogen) atoms. The zero-order valence-electron chi connectivity index (χ0n) is 19.1. The molecule has 2 aromatic carbocycles. The van der Waals surface area contributed by atoms with Gasteiger partial charge in [0.1, 0.15) is 0 Å². The van der Waals surface area contributed by atoms with Crippen molar-refractivity contribution in [3.8, 4) is 0 Å². The lowest BCUT2D eigenvalue weighted by Crippen LogP contribution is -2.41. The second-order valence-corrected chi connectivity index (χ2v) is 9.15. The highest BCUT2D eigenvalue weighted by Gasteiger charge is 2.52. The topological polar surface area (TPSA) is 62.6 Å². The van der Waals surface area contributed by atoms with E-state index in [0.29, 0.717) is 5.56 Å². The number of aryl methyl sites for hydroxylation is 3. The van der Waals surface area contributed by atoms with Crippen molar-refractivity contribution in [3.63, 3.8) is 0 Å². The number of hydrogen-bond acceptors (Lipinski definition) is 5. The lowest BCUT2D eigenvalue weighted by molar-refractivity contribution is 0.00578. The van der Waals surface area contributed by atoms with Gasteiger partial charge >= 0.3 is 13.1 Å². The Balaban J connectivity index is 1.54. The minimum Gasteiger partial charge on any atom is -0.465 e. The van der Waals surface area contributed by atoms with Crippen LogP contribution in [0.3, 0.4) is 0 Å². The van der Waals surface area contributed by atoms with Gasteiger partial charge in [0.25, 0.3) is 0 Å². The largest absolute Gasteiger partial charge is 0.495 e. The van der Waals surface area contributed by atoms with Crippen molar-refractivity contribution in [1.82, 2.24) is 9.78 Å². The van der Waals surface area contributed by atoms with Gasteiger partial charge < -0.3 is 14.0 Å². The summed E-state index contributed by atoms with van der Waals surface area (Å²) in [5.41, 5.74) is 3.82. The number of rotatable bonds is 5. The van der Waals surface area contributed by atoms with Crippen molar-refractivity contribution in [2.24, 2.45) is 0 Å². The van der Waals surface area contributed by atoms with Crippen LogP contribution in [0, 0.1) is 6.92 Å². The number of benzene rings is 2. The Morgan fingerprint density at radius 2 is 1.84 bits per heavy atom. The predicted octanol–water partition coefficient (Wildman–Crippen LogP) is 3.67. The average molecular weight is 420 g/mol. The highest BCUT2D eigenvalue weighted by molar-refractivity contribution is 6.65. The molecule has 0 amide bonds. The van der Waals surface area contributed by atoms with Crippen molar-refractivity contribution in [2.45, 2.75) is 58.8 Å². The minimum absolute atomic E-state index is 0.308. The maximum atomic E-state index is 11.8. The first kappa shape index (κ1) is 21.6. The van der Waals surface area contributed by atoms with Crippen LogP contribution in [0.1, 0.15) is 49.2 Å². The second-order valence-electron chi connectivity index (χ2n) is 9.15. The van der Waals surface area contributed by atoms with Crippen LogP contribution in [0.5, 0.6) is 0 Å². The maximum Gasteiger partial charge on any atom is 0.495 e. The number of carbonyl (C=O) groups excluding carboxylic acids is 1. The average Bonchev–Trinajstić information content (AvgIpc) is 3.22. The first-order valence-electron chi connectivity index (χ1n) is 10.6. The first-order valence-corrected chi connectivity index (χ1v) is 10.6. The molecule has 0 spiro atoms. The fourth-order valence-electron chi connectivity index (χ4n) is 3.87. The van der Waals surface area contributed by atoms with Crippen molar-refractivity contribution in [3.05, 3.63) is 59.3 Å². The molecule has 6 nitrogen and oxygen atoms in total. The molecule has 4 rings (SSSR count). The summed E-state index contributed by atoms with van der Waals surface area (Å²) < 4.78 is 19.3. The highest BCUT2D eigenvalue weighted by Crippen LogP contribution is 2.37. The molecule has 0 unspecified atom stereocenters. The molecule has 0 radical (unpaired) electrons. The van der Waals surface area contributed by atoms with Crippen molar-refractivity contribution in [1.29, 1.82) is 0 Å². The summed E-state index contributed by atoms with van der Waals surface area (Å²) in [4.78, 5) is 11.8. The molecule has 0 bridgehead atoms. The van der Waals surface area contributed by atoms with Gasteiger partial charge in [0.15, 0.2) is 0 Å². The molecule has 0 atom stereocenters. The van der Waals surface area contributed by atoms with Crippen LogP contribution in [0.2, 0.25) is 0 Å². The van der Waals surface area contributed by atoms with Crippen molar-refractivity contribution >= 4 is 29.5 Å². The SMILES string of the molecule is COC(=O)c1ccc(CCn2cc3c(B4OC(C)(C)C(C)(C)O4)cccc3n2)cc1C. The fourth-order valence-corrected chi connectivity index (χ4v) is 3.87.